The van der Waals surface area contributed by atoms with Gasteiger partial charge < -0.3 is 19.5 Å². The number of fused-ring (bicyclic) bond motifs is 1. The number of anilines is 1. The van der Waals surface area contributed by atoms with E-state index in [-0.39, 0.29) is 10.6 Å². The highest BCUT2D eigenvalue weighted by Crippen LogP contribution is 2.33. The predicted molar refractivity (Wildman–Crippen MR) is 163 cm³/mol. The molecule has 1 aromatic heterocycles. The third kappa shape index (κ3) is 6.15. The van der Waals surface area contributed by atoms with Gasteiger partial charge in [0.1, 0.15) is 11.5 Å². The summed E-state index contributed by atoms with van der Waals surface area (Å²) in [5.74, 6) is 0.183. The lowest BCUT2D eigenvalue weighted by Gasteiger charge is -2.15. The lowest BCUT2D eigenvalue weighted by atomic mass is 10.0. The SMILES string of the molecule is COc1ccc(-c2nc3ccc(C(=O)OC(C)C(=O)Nc4cccc(Cl)c4Cl)cc3nc2-c2ccc(OC)cc2)cc1. The second kappa shape index (κ2) is 12.5. The van der Waals surface area contributed by atoms with Crippen LogP contribution in [0.2, 0.25) is 10.0 Å². The number of aromatic nitrogens is 2. The van der Waals surface area contributed by atoms with Crippen molar-refractivity contribution in [3.63, 3.8) is 0 Å². The zero-order chi connectivity index (χ0) is 29.8. The highest BCUT2D eigenvalue weighted by Gasteiger charge is 2.21. The Morgan fingerprint density at radius 1 is 0.762 bits per heavy atom. The number of ether oxygens (including phenoxy) is 3. The van der Waals surface area contributed by atoms with E-state index in [1.807, 2.05) is 48.5 Å². The van der Waals surface area contributed by atoms with Crippen molar-refractivity contribution in [1.82, 2.24) is 9.97 Å². The topological polar surface area (TPSA) is 99.6 Å². The molecule has 0 radical (unpaired) electrons. The highest BCUT2D eigenvalue weighted by molar-refractivity contribution is 6.44. The number of rotatable bonds is 8. The Balaban J connectivity index is 1.45. The lowest BCUT2D eigenvalue weighted by molar-refractivity contribution is -0.123. The zero-order valence-corrected chi connectivity index (χ0v) is 24.4. The van der Waals surface area contributed by atoms with Crippen molar-refractivity contribution in [2.24, 2.45) is 0 Å². The predicted octanol–water partition coefficient (Wildman–Crippen LogP) is 7.47. The first-order chi connectivity index (χ1) is 20.3. The molecule has 0 aliphatic carbocycles. The monoisotopic (exact) mass is 601 g/mol. The van der Waals surface area contributed by atoms with Crippen molar-refractivity contribution in [3.8, 4) is 34.0 Å². The van der Waals surface area contributed by atoms with Gasteiger partial charge in [0.2, 0.25) is 0 Å². The number of carbonyl (C=O) groups is 2. The average molecular weight is 602 g/mol. The molecule has 1 unspecified atom stereocenters. The average Bonchev–Trinajstić information content (AvgIpc) is 3.02. The number of amides is 1. The lowest BCUT2D eigenvalue weighted by Crippen LogP contribution is -2.30. The van der Waals surface area contributed by atoms with Crippen LogP contribution in [-0.4, -0.2) is 42.2 Å². The van der Waals surface area contributed by atoms with Crippen LogP contribution in [-0.2, 0) is 9.53 Å². The second-order valence-corrected chi connectivity index (χ2v) is 10.0. The van der Waals surface area contributed by atoms with Crippen LogP contribution in [0.25, 0.3) is 33.5 Å². The summed E-state index contributed by atoms with van der Waals surface area (Å²) in [6.45, 7) is 1.47. The van der Waals surface area contributed by atoms with Crippen LogP contribution < -0.4 is 14.8 Å². The number of halogens is 2. The largest absolute Gasteiger partial charge is 0.497 e. The van der Waals surface area contributed by atoms with Crippen LogP contribution in [0.4, 0.5) is 5.69 Å². The summed E-state index contributed by atoms with van der Waals surface area (Å²) in [7, 11) is 3.21. The van der Waals surface area contributed by atoms with Crippen LogP contribution >= 0.6 is 23.2 Å². The molecule has 5 rings (SSSR count). The van der Waals surface area contributed by atoms with Crippen LogP contribution in [0.1, 0.15) is 17.3 Å². The van der Waals surface area contributed by atoms with Gasteiger partial charge in [-0.3, -0.25) is 4.79 Å². The minimum Gasteiger partial charge on any atom is -0.497 e. The molecule has 0 bridgehead atoms. The maximum atomic E-state index is 13.0. The highest BCUT2D eigenvalue weighted by atomic mass is 35.5. The fraction of sp³-hybridized carbons (Fsp3) is 0.125. The molecule has 4 aromatic carbocycles. The maximum absolute atomic E-state index is 13.0. The molecule has 212 valence electrons. The summed E-state index contributed by atoms with van der Waals surface area (Å²) in [4.78, 5) is 35.5. The van der Waals surface area contributed by atoms with Crippen molar-refractivity contribution in [2.45, 2.75) is 13.0 Å². The summed E-state index contributed by atoms with van der Waals surface area (Å²) in [5, 5.41) is 3.12. The van der Waals surface area contributed by atoms with Gasteiger partial charge in [-0.1, -0.05) is 29.3 Å². The Morgan fingerprint density at radius 2 is 1.33 bits per heavy atom. The minimum absolute atomic E-state index is 0.195. The Bertz CT molecular complexity index is 1780. The van der Waals surface area contributed by atoms with Crippen molar-refractivity contribution in [3.05, 3.63) is 101 Å². The summed E-state index contributed by atoms with van der Waals surface area (Å²) in [6, 6.07) is 24.7. The van der Waals surface area contributed by atoms with E-state index in [2.05, 4.69) is 5.32 Å². The maximum Gasteiger partial charge on any atom is 0.338 e. The standard InChI is InChI=1S/C32H25Cl2N3O5/c1-18(31(38)37-26-6-4-5-24(33)28(26)34)42-32(39)21-11-16-25-27(17-21)36-30(20-9-14-23(41-3)15-10-20)29(35-25)19-7-12-22(40-2)13-8-19/h4-18H,1-3H3,(H,37,38). The van der Waals surface area contributed by atoms with Crippen LogP contribution in [0.5, 0.6) is 11.5 Å². The third-order valence-corrected chi connectivity index (χ3v) is 7.31. The van der Waals surface area contributed by atoms with Crippen LogP contribution in [0.3, 0.4) is 0 Å². The fourth-order valence-corrected chi connectivity index (χ4v) is 4.55. The number of benzene rings is 4. The van der Waals surface area contributed by atoms with E-state index in [0.717, 1.165) is 16.9 Å². The Kier molecular flexibility index (Phi) is 8.56. The van der Waals surface area contributed by atoms with Gasteiger partial charge in [-0.25, -0.2) is 14.8 Å². The number of hydrogen-bond donors (Lipinski definition) is 1. The number of carbonyl (C=O) groups excluding carboxylic acids is 2. The van der Waals surface area contributed by atoms with Gasteiger partial charge in [0.15, 0.2) is 6.10 Å². The molecular weight excluding hydrogens is 577 g/mol. The van der Waals surface area contributed by atoms with E-state index < -0.39 is 18.0 Å². The molecule has 0 aliphatic rings. The van der Waals surface area contributed by atoms with Crippen molar-refractivity contribution in [2.75, 3.05) is 19.5 Å². The van der Waals surface area contributed by atoms with E-state index >= 15 is 0 Å². The van der Waals surface area contributed by atoms with E-state index in [1.54, 1.807) is 50.6 Å². The molecule has 10 heteroatoms. The first-order valence-corrected chi connectivity index (χ1v) is 13.6. The Hall–Kier alpha value is -4.66. The summed E-state index contributed by atoms with van der Waals surface area (Å²) in [5.41, 5.74) is 4.54. The van der Waals surface area contributed by atoms with Gasteiger partial charge >= 0.3 is 5.97 Å². The van der Waals surface area contributed by atoms with Crippen LogP contribution in [0, 0.1) is 0 Å². The van der Waals surface area contributed by atoms with Gasteiger partial charge in [0, 0.05) is 11.1 Å². The number of hydrogen-bond acceptors (Lipinski definition) is 7. The number of nitrogens with zero attached hydrogens (tertiary/aromatic N) is 2. The molecule has 8 nitrogen and oxygen atoms in total. The van der Waals surface area contributed by atoms with Gasteiger partial charge in [-0.05, 0) is 85.8 Å². The van der Waals surface area contributed by atoms with Gasteiger partial charge in [0.25, 0.3) is 5.91 Å². The first kappa shape index (κ1) is 28.9. The fourth-order valence-electron chi connectivity index (χ4n) is 4.20. The molecule has 0 saturated heterocycles. The van der Waals surface area contributed by atoms with E-state index in [1.165, 1.54) is 6.92 Å². The molecule has 0 fully saturated rings. The summed E-state index contributed by atoms with van der Waals surface area (Å²) < 4.78 is 16.1. The van der Waals surface area contributed by atoms with Crippen molar-refractivity contribution in [1.29, 1.82) is 0 Å². The first-order valence-electron chi connectivity index (χ1n) is 12.8. The van der Waals surface area contributed by atoms with Gasteiger partial charge in [-0.2, -0.15) is 0 Å². The van der Waals surface area contributed by atoms with Gasteiger partial charge in [0.05, 0.1) is 57.9 Å². The quantitative estimate of drug-likeness (QED) is 0.184. The molecule has 1 amide bonds. The number of esters is 1. The third-order valence-electron chi connectivity index (χ3n) is 6.49. The van der Waals surface area contributed by atoms with Gasteiger partial charge in [-0.15, -0.1) is 0 Å². The molecule has 1 atom stereocenters. The second-order valence-electron chi connectivity index (χ2n) is 9.22. The molecule has 0 saturated carbocycles. The van der Waals surface area contributed by atoms with E-state index in [0.29, 0.717) is 38.9 Å². The molecule has 0 aliphatic heterocycles. The number of nitrogens with one attached hydrogen (secondary N) is 1. The number of methoxy groups -OCH3 is 2. The van der Waals surface area contributed by atoms with E-state index in [4.69, 9.17) is 47.4 Å². The molecule has 42 heavy (non-hydrogen) atoms. The zero-order valence-electron chi connectivity index (χ0n) is 22.9. The van der Waals surface area contributed by atoms with E-state index in [9.17, 15) is 9.59 Å². The van der Waals surface area contributed by atoms with Crippen LogP contribution in [0.15, 0.2) is 84.9 Å². The molecular formula is C32H25Cl2N3O5. The minimum atomic E-state index is -1.11. The Morgan fingerprint density at radius 3 is 1.90 bits per heavy atom. The molecule has 1 heterocycles. The molecule has 1 N–H and O–H groups in total. The normalized spacial score (nSPS) is 11.5. The Labute approximate surface area is 252 Å². The molecule has 5 aromatic rings. The van der Waals surface area contributed by atoms with Crippen molar-refractivity contribution < 1.29 is 23.8 Å². The smallest absolute Gasteiger partial charge is 0.338 e. The summed E-state index contributed by atoms with van der Waals surface area (Å²) in [6.07, 6.45) is -1.11. The molecule has 0 spiro atoms. The summed E-state index contributed by atoms with van der Waals surface area (Å²) >= 11 is 12.2. The van der Waals surface area contributed by atoms with Crippen molar-refractivity contribution >= 4 is 51.8 Å².